The van der Waals surface area contributed by atoms with E-state index in [0.29, 0.717) is 15.8 Å². The molecule has 1 amide bonds. The van der Waals surface area contributed by atoms with Crippen LogP contribution in [-0.2, 0) is 4.79 Å². The van der Waals surface area contributed by atoms with E-state index >= 15 is 0 Å². The lowest BCUT2D eigenvalue weighted by molar-refractivity contribution is -0.121. The first kappa shape index (κ1) is 18.0. The molecule has 130 valence electrons. The van der Waals surface area contributed by atoms with Crippen LogP contribution >= 0.6 is 24.0 Å². The molecule has 25 heavy (non-hydrogen) atoms. The average Bonchev–Trinajstić information content (AvgIpc) is 2.97. The second kappa shape index (κ2) is 6.81. The maximum Gasteiger partial charge on any atom is 0.266 e. The van der Waals surface area contributed by atoms with Crippen LogP contribution < -0.4 is 0 Å². The Morgan fingerprint density at radius 2 is 1.88 bits per heavy atom. The number of aromatic nitrogens is 1. The summed E-state index contributed by atoms with van der Waals surface area (Å²) in [7, 11) is 0. The number of nitrogens with zero attached hydrogens (tertiary/aromatic N) is 2. The lowest BCUT2D eigenvalue weighted by Gasteiger charge is -2.13. The van der Waals surface area contributed by atoms with Crippen LogP contribution in [0.15, 0.2) is 29.2 Å². The van der Waals surface area contributed by atoms with Gasteiger partial charge < -0.3 is 4.57 Å². The molecule has 0 atom stereocenters. The van der Waals surface area contributed by atoms with E-state index in [-0.39, 0.29) is 5.91 Å². The minimum Gasteiger partial charge on any atom is -0.318 e. The molecule has 0 unspecified atom stereocenters. The Bertz CT molecular complexity index is 909. The van der Waals surface area contributed by atoms with Gasteiger partial charge in [-0.2, -0.15) is 0 Å². The van der Waals surface area contributed by atoms with Crippen LogP contribution in [0.3, 0.4) is 0 Å². The summed E-state index contributed by atoms with van der Waals surface area (Å²) in [5.74, 6) is 0.00817. The molecular weight excluding hydrogens is 348 g/mol. The summed E-state index contributed by atoms with van der Waals surface area (Å²) in [4.78, 5) is 14.8. The van der Waals surface area contributed by atoms with Gasteiger partial charge in [-0.25, -0.2) is 0 Å². The van der Waals surface area contributed by atoms with Crippen LogP contribution in [0.25, 0.3) is 11.8 Å². The van der Waals surface area contributed by atoms with Crippen molar-refractivity contribution in [1.29, 1.82) is 0 Å². The van der Waals surface area contributed by atoms with Gasteiger partial charge >= 0.3 is 0 Å². The maximum absolute atomic E-state index is 12.5. The molecule has 2 aromatic rings. The van der Waals surface area contributed by atoms with Crippen LogP contribution in [0.5, 0.6) is 0 Å². The summed E-state index contributed by atoms with van der Waals surface area (Å²) in [6.45, 7) is 11.0. The van der Waals surface area contributed by atoms with Crippen molar-refractivity contribution in [3.63, 3.8) is 0 Å². The first-order chi connectivity index (χ1) is 11.8. The van der Waals surface area contributed by atoms with Crippen LogP contribution in [-0.4, -0.2) is 26.2 Å². The molecule has 3 nitrogen and oxygen atoms in total. The highest BCUT2D eigenvalue weighted by atomic mass is 32.2. The molecule has 0 radical (unpaired) electrons. The second-order valence-electron chi connectivity index (χ2n) is 6.38. The van der Waals surface area contributed by atoms with Gasteiger partial charge in [0.2, 0.25) is 0 Å². The van der Waals surface area contributed by atoms with Crippen molar-refractivity contribution >= 4 is 40.3 Å². The molecule has 1 aliphatic heterocycles. The number of likely N-dealkylation sites (N-methyl/N-ethyl adjacent to an activating group) is 1. The van der Waals surface area contributed by atoms with E-state index in [9.17, 15) is 4.79 Å². The molecule has 1 fully saturated rings. The van der Waals surface area contributed by atoms with Crippen molar-refractivity contribution in [2.24, 2.45) is 0 Å². The largest absolute Gasteiger partial charge is 0.318 e. The van der Waals surface area contributed by atoms with Gasteiger partial charge in [0.1, 0.15) is 4.32 Å². The summed E-state index contributed by atoms with van der Waals surface area (Å²) in [5, 5.41) is 0. The van der Waals surface area contributed by atoms with Gasteiger partial charge in [0, 0.05) is 23.6 Å². The van der Waals surface area contributed by atoms with Crippen LogP contribution in [0.2, 0.25) is 0 Å². The molecule has 0 bridgehead atoms. The Labute approximate surface area is 158 Å². The number of thiocarbonyl (C=S) groups is 1. The van der Waals surface area contributed by atoms with Crippen molar-refractivity contribution in [3.05, 3.63) is 57.2 Å². The van der Waals surface area contributed by atoms with Gasteiger partial charge in [0.25, 0.3) is 5.91 Å². The third-order valence-electron chi connectivity index (χ3n) is 4.54. The molecule has 0 spiro atoms. The van der Waals surface area contributed by atoms with Crippen LogP contribution in [0.1, 0.15) is 35.0 Å². The molecule has 1 aliphatic rings. The Hall–Kier alpha value is -1.85. The van der Waals surface area contributed by atoms with E-state index in [1.165, 1.54) is 28.6 Å². The van der Waals surface area contributed by atoms with Crippen LogP contribution in [0.4, 0.5) is 0 Å². The van der Waals surface area contributed by atoms with E-state index in [4.69, 9.17) is 12.2 Å². The standard InChI is InChI=1S/C20H22N2OS2/c1-6-21-19(23)18(25-20(21)24)11-16-10-14(4)22(15(16)5)17-8-7-12(2)9-13(17)3/h7-11H,6H2,1-5H3/b18-11-. The smallest absolute Gasteiger partial charge is 0.266 e. The van der Waals surface area contributed by atoms with Gasteiger partial charge in [0.05, 0.1) is 4.91 Å². The number of thioether (sulfide) groups is 1. The summed E-state index contributed by atoms with van der Waals surface area (Å²) in [5.41, 5.74) is 7.03. The topological polar surface area (TPSA) is 25.2 Å². The fraction of sp³-hybridized carbons (Fsp3) is 0.300. The van der Waals surface area contributed by atoms with E-state index in [2.05, 4.69) is 56.5 Å². The molecule has 1 aromatic carbocycles. The highest BCUT2D eigenvalue weighted by Crippen LogP contribution is 2.34. The number of carbonyl (C=O) groups excluding carboxylic acids is 1. The number of aryl methyl sites for hydroxylation is 3. The maximum atomic E-state index is 12.5. The van der Waals surface area contributed by atoms with Gasteiger partial charge in [-0.1, -0.05) is 41.7 Å². The second-order valence-corrected chi connectivity index (χ2v) is 8.05. The van der Waals surface area contributed by atoms with Crippen molar-refractivity contribution in [3.8, 4) is 5.69 Å². The van der Waals surface area contributed by atoms with Crippen molar-refractivity contribution < 1.29 is 4.79 Å². The first-order valence-corrected chi connectivity index (χ1v) is 9.58. The number of rotatable bonds is 3. The summed E-state index contributed by atoms with van der Waals surface area (Å²) in [6.07, 6.45) is 1.97. The zero-order valence-corrected chi connectivity index (χ0v) is 16.8. The molecule has 0 N–H and O–H groups in total. The summed E-state index contributed by atoms with van der Waals surface area (Å²) >= 11 is 6.69. The Balaban J connectivity index is 2.05. The van der Waals surface area contributed by atoms with E-state index in [1.54, 1.807) is 4.90 Å². The minimum atomic E-state index is 0.00817. The van der Waals surface area contributed by atoms with Gasteiger partial charge in [-0.3, -0.25) is 9.69 Å². The fourth-order valence-electron chi connectivity index (χ4n) is 3.27. The molecule has 3 rings (SSSR count). The molecule has 1 saturated heterocycles. The van der Waals surface area contributed by atoms with E-state index in [0.717, 1.165) is 17.0 Å². The third-order valence-corrected chi connectivity index (χ3v) is 5.92. The Kier molecular flexibility index (Phi) is 4.89. The number of hydrogen-bond acceptors (Lipinski definition) is 3. The summed E-state index contributed by atoms with van der Waals surface area (Å²) in [6, 6.07) is 8.62. The third kappa shape index (κ3) is 3.18. The zero-order chi connectivity index (χ0) is 18.3. The quantitative estimate of drug-likeness (QED) is 0.566. The minimum absolute atomic E-state index is 0.00817. The van der Waals surface area contributed by atoms with E-state index < -0.39 is 0 Å². The van der Waals surface area contributed by atoms with E-state index in [1.807, 2.05) is 13.0 Å². The molecule has 1 aromatic heterocycles. The highest BCUT2D eigenvalue weighted by molar-refractivity contribution is 8.26. The molecular formula is C20H22N2OS2. The van der Waals surface area contributed by atoms with Crippen molar-refractivity contribution in [2.75, 3.05) is 6.54 Å². The predicted octanol–water partition coefficient (Wildman–Crippen LogP) is 4.93. The normalized spacial score (nSPS) is 16.4. The molecule has 0 saturated carbocycles. The van der Waals surface area contributed by atoms with Gasteiger partial charge in [-0.05, 0) is 64.0 Å². The number of amides is 1. The predicted molar refractivity (Wildman–Crippen MR) is 110 cm³/mol. The Morgan fingerprint density at radius 1 is 1.16 bits per heavy atom. The lowest BCUT2D eigenvalue weighted by atomic mass is 10.1. The number of hydrogen-bond donors (Lipinski definition) is 0. The summed E-state index contributed by atoms with van der Waals surface area (Å²) < 4.78 is 2.89. The first-order valence-electron chi connectivity index (χ1n) is 8.35. The zero-order valence-electron chi connectivity index (χ0n) is 15.2. The SMILES string of the molecule is CCN1C(=O)/C(=C/c2cc(C)n(-c3ccc(C)cc3C)c2C)SC1=S. The fourth-order valence-corrected chi connectivity index (χ4v) is 4.65. The van der Waals surface area contributed by atoms with Crippen molar-refractivity contribution in [2.45, 2.75) is 34.6 Å². The van der Waals surface area contributed by atoms with Gasteiger partial charge in [-0.15, -0.1) is 0 Å². The average molecular weight is 371 g/mol. The number of benzene rings is 1. The lowest BCUT2D eigenvalue weighted by Crippen LogP contribution is -2.27. The molecule has 0 aliphatic carbocycles. The highest BCUT2D eigenvalue weighted by Gasteiger charge is 2.30. The molecule has 2 heterocycles. The van der Waals surface area contributed by atoms with Crippen LogP contribution in [0, 0.1) is 27.7 Å². The van der Waals surface area contributed by atoms with Crippen molar-refractivity contribution in [1.82, 2.24) is 9.47 Å². The Morgan fingerprint density at radius 3 is 2.48 bits per heavy atom. The monoisotopic (exact) mass is 370 g/mol. The number of carbonyl (C=O) groups is 1. The molecule has 5 heteroatoms. The van der Waals surface area contributed by atoms with Gasteiger partial charge in [0.15, 0.2) is 0 Å².